The minimum Gasteiger partial charge on any atom is -0.492 e. The number of carbonyl (C=O) groups is 1. The number of hydrogen-bond donors (Lipinski definition) is 1. The minimum atomic E-state index is -0.291. The number of methoxy groups -OCH3 is 1. The molecule has 2 saturated carbocycles. The molecule has 7 heteroatoms. The van der Waals surface area contributed by atoms with Gasteiger partial charge in [-0.25, -0.2) is 4.39 Å². The Morgan fingerprint density at radius 1 is 1.14 bits per heavy atom. The molecule has 5 nitrogen and oxygen atoms in total. The molecule has 1 aromatic rings. The average molecular weight is 415 g/mol. The van der Waals surface area contributed by atoms with Crippen LogP contribution in [0.25, 0.3) is 0 Å². The zero-order valence-electron chi connectivity index (χ0n) is 16.5. The summed E-state index contributed by atoms with van der Waals surface area (Å²) in [5.41, 5.74) is 6.37. The summed E-state index contributed by atoms with van der Waals surface area (Å²) in [7, 11) is 1.64. The molecule has 28 heavy (non-hydrogen) atoms. The first-order chi connectivity index (χ1) is 13.1. The monoisotopic (exact) mass is 414 g/mol. The molecule has 1 amide bonds. The standard InChI is InChI=1S/C21H31FN2O3.ClH/c1-26-11-9-24(10-12-27-19-7-5-18(22)6-8-19)21(25)17-13-15-3-2-4-16(14-17)20(15)23;/h5-8,15-17,20H,2-4,9-14,23H2,1H3;1H. The molecule has 2 unspecified atom stereocenters. The maximum atomic E-state index is 13.2. The van der Waals surface area contributed by atoms with Crippen LogP contribution in [0.4, 0.5) is 4.39 Å². The van der Waals surface area contributed by atoms with E-state index in [1.807, 2.05) is 4.90 Å². The van der Waals surface area contributed by atoms with Crippen molar-refractivity contribution in [1.29, 1.82) is 0 Å². The van der Waals surface area contributed by atoms with Crippen molar-refractivity contribution < 1.29 is 18.7 Å². The summed E-state index contributed by atoms with van der Waals surface area (Å²) < 4.78 is 23.8. The molecule has 3 rings (SSSR count). The smallest absolute Gasteiger partial charge is 0.225 e. The van der Waals surface area contributed by atoms with Crippen LogP contribution in [0, 0.1) is 23.6 Å². The summed E-state index contributed by atoms with van der Waals surface area (Å²) in [6, 6.07) is 6.19. The lowest BCUT2D eigenvalue weighted by Crippen LogP contribution is -2.50. The van der Waals surface area contributed by atoms with Crippen LogP contribution in [0.2, 0.25) is 0 Å². The number of hydrogen-bond acceptors (Lipinski definition) is 4. The molecule has 2 bridgehead atoms. The van der Waals surface area contributed by atoms with Crippen LogP contribution in [0.3, 0.4) is 0 Å². The number of carbonyl (C=O) groups excluding carboxylic acids is 1. The Hall–Kier alpha value is -1.37. The normalized spacial score (nSPS) is 26.2. The minimum absolute atomic E-state index is 0. The fraction of sp³-hybridized carbons (Fsp3) is 0.667. The van der Waals surface area contributed by atoms with E-state index in [4.69, 9.17) is 15.2 Å². The Balaban J connectivity index is 0.00000280. The maximum Gasteiger partial charge on any atom is 0.225 e. The second kappa shape index (κ2) is 11.0. The Morgan fingerprint density at radius 2 is 1.75 bits per heavy atom. The van der Waals surface area contributed by atoms with Crippen LogP contribution in [0.5, 0.6) is 5.75 Å². The van der Waals surface area contributed by atoms with Gasteiger partial charge in [-0.2, -0.15) is 0 Å². The molecule has 2 aliphatic carbocycles. The topological polar surface area (TPSA) is 64.8 Å². The van der Waals surface area contributed by atoms with Crippen molar-refractivity contribution in [2.24, 2.45) is 23.5 Å². The van der Waals surface area contributed by atoms with Crippen molar-refractivity contribution in [3.8, 4) is 5.75 Å². The van der Waals surface area contributed by atoms with Gasteiger partial charge in [0.15, 0.2) is 0 Å². The van der Waals surface area contributed by atoms with Gasteiger partial charge in [-0.05, 0) is 61.8 Å². The zero-order valence-corrected chi connectivity index (χ0v) is 17.3. The summed E-state index contributed by atoms with van der Waals surface area (Å²) in [6.07, 6.45) is 5.33. The molecule has 0 radical (unpaired) electrons. The maximum absolute atomic E-state index is 13.2. The van der Waals surface area contributed by atoms with Crippen LogP contribution in [-0.4, -0.2) is 50.3 Å². The molecule has 0 aliphatic heterocycles. The summed E-state index contributed by atoms with van der Waals surface area (Å²) in [5, 5.41) is 0. The fourth-order valence-corrected chi connectivity index (χ4v) is 4.59. The second-order valence-corrected chi connectivity index (χ2v) is 7.82. The van der Waals surface area contributed by atoms with Crippen LogP contribution in [0.15, 0.2) is 24.3 Å². The number of fused-ring (bicyclic) bond motifs is 2. The Labute approximate surface area is 173 Å². The van der Waals surface area contributed by atoms with Gasteiger partial charge in [0.1, 0.15) is 18.2 Å². The highest BCUT2D eigenvalue weighted by Crippen LogP contribution is 2.42. The molecular weight excluding hydrogens is 383 g/mol. The highest BCUT2D eigenvalue weighted by atomic mass is 35.5. The van der Waals surface area contributed by atoms with Crippen molar-refractivity contribution in [1.82, 2.24) is 4.90 Å². The van der Waals surface area contributed by atoms with E-state index in [0.29, 0.717) is 43.9 Å². The molecule has 2 atom stereocenters. The Morgan fingerprint density at radius 3 is 2.36 bits per heavy atom. The van der Waals surface area contributed by atoms with Crippen LogP contribution >= 0.6 is 12.4 Å². The molecule has 0 aromatic heterocycles. The van der Waals surface area contributed by atoms with Crippen LogP contribution in [0.1, 0.15) is 32.1 Å². The van der Waals surface area contributed by atoms with Gasteiger partial charge in [-0.1, -0.05) is 6.42 Å². The number of amides is 1. The molecule has 2 fully saturated rings. The first-order valence-corrected chi connectivity index (χ1v) is 10.00. The average Bonchev–Trinajstić information content (AvgIpc) is 2.65. The molecule has 0 saturated heterocycles. The third kappa shape index (κ3) is 5.82. The van der Waals surface area contributed by atoms with Crippen molar-refractivity contribution >= 4 is 18.3 Å². The number of rotatable bonds is 8. The summed E-state index contributed by atoms with van der Waals surface area (Å²) >= 11 is 0. The predicted octanol–water partition coefficient (Wildman–Crippen LogP) is 3.25. The van der Waals surface area contributed by atoms with E-state index in [-0.39, 0.29) is 36.1 Å². The van der Waals surface area contributed by atoms with E-state index in [1.165, 1.54) is 18.6 Å². The number of nitrogens with two attached hydrogens (primary N) is 1. The van der Waals surface area contributed by atoms with Crippen molar-refractivity contribution in [2.75, 3.05) is 33.4 Å². The van der Waals surface area contributed by atoms with Gasteiger partial charge in [-0.15, -0.1) is 12.4 Å². The van der Waals surface area contributed by atoms with Crippen LogP contribution < -0.4 is 10.5 Å². The lowest BCUT2D eigenvalue weighted by molar-refractivity contribution is -0.139. The van der Waals surface area contributed by atoms with E-state index in [1.54, 1.807) is 19.2 Å². The SMILES string of the molecule is COCCN(CCOc1ccc(F)cc1)C(=O)C1CC2CCCC(C1)C2N.Cl. The third-order valence-electron chi connectivity index (χ3n) is 6.08. The third-order valence-corrected chi connectivity index (χ3v) is 6.08. The number of nitrogens with zero attached hydrogens (tertiary/aromatic N) is 1. The number of benzene rings is 1. The molecule has 2 aliphatic rings. The van der Waals surface area contributed by atoms with Crippen molar-refractivity contribution in [2.45, 2.75) is 38.1 Å². The summed E-state index contributed by atoms with van der Waals surface area (Å²) in [6.45, 7) is 1.93. The molecule has 0 spiro atoms. The van der Waals surface area contributed by atoms with Gasteiger partial charge in [0.25, 0.3) is 0 Å². The summed E-state index contributed by atoms with van der Waals surface area (Å²) in [5.74, 6) is 1.52. The highest BCUT2D eigenvalue weighted by molar-refractivity contribution is 5.85. The molecule has 2 N–H and O–H groups in total. The highest BCUT2D eigenvalue weighted by Gasteiger charge is 2.41. The van der Waals surface area contributed by atoms with Gasteiger partial charge in [0.2, 0.25) is 5.91 Å². The largest absolute Gasteiger partial charge is 0.492 e. The fourth-order valence-electron chi connectivity index (χ4n) is 4.59. The quantitative estimate of drug-likeness (QED) is 0.709. The number of halogens is 2. The molecule has 0 heterocycles. The molecule has 158 valence electrons. The van der Waals surface area contributed by atoms with Gasteiger partial charge >= 0.3 is 0 Å². The van der Waals surface area contributed by atoms with Crippen molar-refractivity contribution in [3.05, 3.63) is 30.1 Å². The lowest BCUT2D eigenvalue weighted by atomic mass is 9.65. The zero-order chi connectivity index (χ0) is 19.2. The van der Waals surface area contributed by atoms with Crippen molar-refractivity contribution in [3.63, 3.8) is 0 Å². The van der Waals surface area contributed by atoms with E-state index < -0.39 is 0 Å². The van der Waals surface area contributed by atoms with E-state index >= 15 is 0 Å². The van der Waals surface area contributed by atoms with Crippen LogP contribution in [-0.2, 0) is 9.53 Å². The second-order valence-electron chi connectivity index (χ2n) is 7.82. The predicted molar refractivity (Wildman–Crippen MR) is 109 cm³/mol. The van der Waals surface area contributed by atoms with Gasteiger partial charge < -0.3 is 20.1 Å². The molecule has 1 aromatic carbocycles. The van der Waals surface area contributed by atoms with Gasteiger partial charge in [0.05, 0.1) is 13.2 Å². The first kappa shape index (κ1) is 22.9. The Kier molecular flexibility index (Phi) is 8.99. The molecular formula is C21H32ClFN2O3. The lowest BCUT2D eigenvalue weighted by Gasteiger charge is -2.44. The Bertz CT molecular complexity index is 602. The van der Waals surface area contributed by atoms with E-state index in [9.17, 15) is 9.18 Å². The van der Waals surface area contributed by atoms with Gasteiger partial charge in [0, 0.05) is 25.6 Å². The summed E-state index contributed by atoms with van der Waals surface area (Å²) in [4.78, 5) is 15.0. The van der Waals surface area contributed by atoms with E-state index in [0.717, 1.165) is 25.7 Å². The van der Waals surface area contributed by atoms with E-state index in [2.05, 4.69) is 0 Å². The number of ether oxygens (including phenoxy) is 2. The first-order valence-electron chi connectivity index (χ1n) is 10.00. The van der Waals surface area contributed by atoms with Gasteiger partial charge in [-0.3, -0.25) is 4.79 Å².